The summed E-state index contributed by atoms with van der Waals surface area (Å²) in [4.78, 5) is 23.2. The van der Waals surface area contributed by atoms with Gasteiger partial charge in [0, 0.05) is 17.0 Å². The summed E-state index contributed by atoms with van der Waals surface area (Å²) in [7, 11) is 0. The average Bonchev–Trinajstić information content (AvgIpc) is 3.12. The number of aldehydes is 1. The lowest BCUT2D eigenvalue weighted by molar-refractivity contribution is -0.147. The van der Waals surface area contributed by atoms with Crippen molar-refractivity contribution in [3.63, 3.8) is 0 Å². The topological polar surface area (TPSA) is 52.6 Å². The largest absolute Gasteiger partial charge is 0.457 e. The molecule has 0 unspecified atom stereocenters. The number of carbonyl (C=O) groups is 2. The van der Waals surface area contributed by atoms with Crippen molar-refractivity contribution < 1.29 is 19.1 Å². The average molecular weight is 258 g/mol. The maximum atomic E-state index is 12.0. The summed E-state index contributed by atoms with van der Waals surface area (Å²) in [6.45, 7) is 0. The van der Waals surface area contributed by atoms with Crippen LogP contribution in [0.15, 0.2) is 24.3 Å². The zero-order chi connectivity index (χ0) is 13.0. The first kappa shape index (κ1) is 11.2. The second kappa shape index (κ2) is 3.90. The SMILES string of the molecule is O=Cc1ccccc1[C@H]1OC(=O)[C@H]2[C@@H]1[C@@H]1CC[C@H]2O1. The lowest BCUT2D eigenvalue weighted by Crippen LogP contribution is -2.28. The van der Waals surface area contributed by atoms with E-state index in [-0.39, 0.29) is 36.1 Å². The van der Waals surface area contributed by atoms with Crippen LogP contribution in [0.2, 0.25) is 0 Å². The lowest BCUT2D eigenvalue weighted by atomic mass is 9.76. The third-order valence-corrected chi connectivity index (χ3v) is 4.62. The first-order valence-corrected chi connectivity index (χ1v) is 6.69. The summed E-state index contributed by atoms with van der Waals surface area (Å²) in [5, 5.41) is 0. The molecule has 0 saturated carbocycles. The van der Waals surface area contributed by atoms with Crippen LogP contribution >= 0.6 is 0 Å². The Morgan fingerprint density at radius 1 is 1.16 bits per heavy atom. The Bertz CT molecular complexity index is 553. The van der Waals surface area contributed by atoms with Crippen molar-refractivity contribution in [2.75, 3.05) is 0 Å². The minimum absolute atomic E-state index is 0.0240. The Balaban J connectivity index is 1.76. The third kappa shape index (κ3) is 1.43. The van der Waals surface area contributed by atoms with Crippen LogP contribution in [-0.4, -0.2) is 24.5 Å². The lowest BCUT2D eigenvalue weighted by Gasteiger charge is -2.23. The van der Waals surface area contributed by atoms with Crippen molar-refractivity contribution in [1.82, 2.24) is 0 Å². The highest BCUT2D eigenvalue weighted by Crippen LogP contribution is 2.54. The summed E-state index contributed by atoms with van der Waals surface area (Å²) in [6.07, 6.45) is 2.56. The molecule has 1 aromatic rings. The van der Waals surface area contributed by atoms with Crippen molar-refractivity contribution in [2.24, 2.45) is 11.8 Å². The van der Waals surface area contributed by atoms with Crippen molar-refractivity contribution in [1.29, 1.82) is 0 Å². The number of carbonyl (C=O) groups excluding carboxylic acids is 2. The summed E-state index contributed by atoms with van der Waals surface area (Å²) in [6, 6.07) is 7.32. The van der Waals surface area contributed by atoms with Gasteiger partial charge in [-0.25, -0.2) is 0 Å². The molecule has 98 valence electrons. The summed E-state index contributed by atoms with van der Waals surface area (Å²) in [5.74, 6) is -0.223. The van der Waals surface area contributed by atoms with Gasteiger partial charge in [0.05, 0.1) is 18.1 Å². The molecule has 4 rings (SSSR count). The van der Waals surface area contributed by atoms with Crippen LogP contribution in [0.4, 0.5) is 0 Å². The highest BCUT2D eigenvalue weighted by Gasteiger charge is 2.61. The molecule has 19 heavy (non-hydrogen) atoms. The van der Waals surface area contributed by atoms with E-state index < -0.39 is 0 Å². The molecule has 0 aromatic heterocycles. The van der Waals surface area contributed by atoms with E-state index in [9.17, 15) is 9.59 Å². The van der Waals surface area contributed by atoms with Gasteiger partial charge in [0.15, 0.2) is 0 Å². The monoisotopic (exact) mass is 258 g/mol. The van der Waals surface area contributed by atoms with Crippen molar-refractivity contribution in [3.8, 4) is 0 Å². The minimum Gasteiger partial charge on any atom is -0.457 e. The van der Waals surface area contributed by atoms with Gasteiger partial charge in [0.2, 0.25) is 0 Å². The van der Waals surface area contributed by atoms with E-state index in [1.807, 2.05) is 18.2 Å². The van der Waals surface area contributed by atoms with Crippen LogP contribution in [0.3, 0.4) is 0 Å². The van der Waals surface area contributed by atoms with E-state index in [0.29, 0.717) is 5.56 Å². The molecule has 1 aromatic carbocycles. The number of benzene rings is 1. The highest BCUT2D eigenvalue weighted by molar-refractivity contribution is 5.80. The second-order valence-corrected chi connectivity index (χ2v) is 5.50. The Morgan fingerprint density at radius 2 is 1.95 bits per heavy atom. The van der Waals surface area contributed by atoms with E-state index in [0.717, 1.165) is 24.7 Å². The van der Waals surface area contributed by atoms with Gasteiger partial charge in [-0.1, -0.05) is 24.3 Å². The van der Waals surface area contributed by atoms with Gasteiger partial charge in [-0.3, -0.25) is 9.59 Å². The van der Waals surface area contributed by atoms with Crippen LogP contribution in [-0.2, 0) is 14.3 Å². The molecule has 0 amide bonds. The van der Waals surface area contributed by atoms with Crippen LogP contribution in [0.25, 0.3) is 0 Å². The molecule has 3 fully saturated rings. The van der Waals surface area contributed by atoms with Crippen LogP contribution in [0.1, 0.15) is 34.9 Å². The maximum Gasteiger partial charge on any atom is 0.312 e. The first-order chi connectivity index (χ1) is 9.29. The minimum atomic E-state index is -0.325. The molecule has 3 aliphatic heterocycles. The number of fused-ring (bicyclic) bond motifs is 5. The normalized spacial score (nSPS) is 39.2. The quantitative estimate of drug-likeness (QED) is 0.600. The molecule has 0 aliphatic carbocycles. The predicted molar refractivity (Wildman–Crippen MR) is 65.5 cm³/mol. The molecule has 0 spiro atoms. The van der Waals surface area contributed by atoms with Gasteiger partial charge in [-0.2, -0.15) is 0 Å². The van der Waals surface area contributed by atoms with Gasteiger partial charge in [0.1, 0.15) is 12.4 Å². The van der Waals surface area contributed by atoms with Gasteiger partial charge in [-0.15, -0.1) is 0 Å². The molecule has 2 bridgehead atoms. The molecule has 3 heterocycles. The van der Waals surface area contributed by atoms with Gasteiger partial charge in [0.25, 0.3) is 0 Å². The van der Waals surface area contributed by atoms with E-state index >= 15 is 0 Å². The first-order valence-electron chi connectivity index (χ1n) is 6.69. The smallest absolute Gasteiger partial charge is 0.312 e. The number of hydrogen-bond acceptors (Lipinski definition) is 4. The van der Waals surface area contributed by atoms with Crippen molar-refractivity contribution in [2.45, 2.75) is 31.2 Å². The highest BCUT2D eigenvalue weighted by atomic mass is 16.6. The van der Waals surface area contributed by atoms with Crippen molar-refractivity contribution >= 4 is 12.3 Å². The van der Waals surface area contributed by atoms with Crippen LogP contribution < -0.4 is 0 Å². The Hall–Kier alpha value is -1.68. The molecular weight excluding hydrogens is 244 g/mol. The standard InChI is InChI=1S/C15H14O4/c16-7-8-3-1-2-4-9(8)14-12-10-5-6-11(18-10)13(12)15(17)19-14/h1-4,7,10-14H,5-6H2/t10-,11+,12-,13+,14+/m0/s1. The molecule has 5 atom stereocenters. The van der Waals surface area contributed by atoms with Crippen LogP contribution in [0, 0.1) is 11.8 Å². The number of ether oxygens (including phenoxy) is 2. The Morgan fingerprint density at radius 3 is 2.79 bits per heavy atom. The molecular formula is C15H14O4. The molecule has 3 aliphatic rings. The Kier molecular flexibility index (Phi) is 2.30. The fourth-order valence-electron chi connectivity index (χ4n) is 3.84. The zero-order valence-corrected chi connectivity index (χ0v) is 10.3. The zero-order valence-electron chi connectivity index (χ0n) is 10.3. The van der Waals surface area contributed by atoms with Crippen molar-refractivity contribution in [3.05, 3.63) is 35.4 Å². The van der Waals surface area contributed by atoms with E-state index in [1.54, 1.807) is 6.07 Å². The molecule has 3 saturated heterocycles. The summed E-state index contributed by atoms with van der Waals surface area (Å²) < 4.78 is 11.4. The molecule has 0 radical (unpaired) electrons. The third-order valence-electron chi connectivity index (χ3n) is 4.62. The van der Waals surface area contributed by atoms with E-state index in [1.165, 1.54) is 0 Å². The number of esters is 1. The number of hydrogen-bond donors (Lipinski definition) is 0. The van der Waals surface area contributed by atoms with E-state index in [4.69, 9.17) is 9.47 Å². The fraction of sp³-hybridized carbons (Fsp3) is 0.467. The van der Waals surface area contributed by atoms with Gasteiger partial charge >= 0.3 is 5.97 Å². The predicted octanol–water partition coefficient (Wildman–Crippen LogP) is 1.89. The van der Waals surface area contributed by atoms with Crippen LogP contribution in [0.5, 0.6) is 0 Å². The summed E-state index contributed by atoms with van der Waals surface area (Å²) in [5.41, 5.74) is 1.42. The number of rotatable bonds is 2. The summed E-state index contributed by atoms with van der Waals surface area (Å²) >= 11 is 0. The number of cyclic esters (lactones) is 1. The second-order valence-electron chi connectivity index (χ2n) is 5.50. The Labute approximate surface area is 110 Å². The molecule has 0 N–H and O–H groups in total. The fourth-order valence-corrected chi connectivity index (χ4v) is 3.84. The maximum absolute atomic E-state index is 12.0. The molecule has 4 heteroatoms. The van der Waals surface area contributed by atoms with E-state index in [2.05, 4.69) is 0 Å². The molecule has 4 nitrogen and oxygen atoms in total. The van der Waals surface area contributed by atoms with Gasteiger partial charge in [-0.05, 0) is 12.8 Å². The van der Waals surface area contributed by atoms with Gasteiger partial charge < -0.3 is 9.47 Å².